The molecule has 2 fully saturated rings. The van der Waals surface area contributed by atoms with E-state index in [9.17, 15) is 14.6 Å². The first kappa shape index (κ1) is 25.2. The van der Waals surface area contributed by atoms with E-state index in [1.807, 2.05) is 24.4 Å². The van der Waals surface area contributed by atoms with Crippen LogP contribution in [0.5, 0.6) is 5.75 Å². The van der Waals surface area contributed by atoms with Crippen LogP contribution in [0.2, 0.25) is 5.02 Å². The normalized spacial score (nSPS) is 22.8. The number of nitrogens with zero attached hydrogens (tertiary/aromatic N) is 2. The van der Waals surface area contributed by atoms with Gasteiger partial charge >= 0.3 is 0 Å². The van der Waals surface area contributed by atoms with Crippen molar-refractivity contribution in [1.82, 2.24) is 9.88 Å². The molecule has 1 aliphatic heterocycles. The van der Waals surface area contributed by atoms with E-state index in [4.69, 9.17) is 11.6 Å². The van der Waals surface area contributed by atoms with E-state index in [0.29, 0.717) is 23.6 Å². The molecule has 1 aliphatic carbocycles. The number of aromatic hydroxyl groups is 1. The van der Waals surface area contributed by atoms with Gasteiger partial charge < -0.3 is 15.5 Å². The zero-order valence-corrected chi connectivity index (χ0v) is 21.6. The van der Waals surface area contributed by atoms with Crippen molar-refractivity contribution in [2.75, 3.05) is 25.0 Å². The highest BCUT2D eigenvalue weighted by atomic mass is 35.5. The molecule has 0 bridgehead atoms. The maximum atomic E-state index is 14.2. The summed E-state index contributed by atoms with van der Waals surface area (Å²) in [6.45, 7) is 4.63. The highest BCUT2D eigenvalue weighted by molar-refractivity contribution is 6.32. The Bertz CT molecular complexity index is 1210. The third-order valence-electron chi connectivity index (χ3n) is 8.08. The van der Waals surface area contributed by atoms with Crippen LogP contribution in [0.15, 0.2) is 36.5 Å². The molecule has 1 saturated carbocycles. The Morgan fingerprint density at radius 1 is 1.11 bits per heavy atom. The molecular weight excluding hydrogens is 477 g/mol. The molecular formula is C29H35ClFN3O2. The molecule has 5 rings (SSSR count). The molecule has 1 atom stereocenters. The topological polar surface area (TPSA) is 68.6 Å². The Hall–Kier alpha value is -2.41. The monoisotopic (exact) mass is 511 g/mol. The van der Waals surface area contributed by atoms with E-state index in [1.165, 1.54) is 30.9 Å². The van der Waals surface area contributed by atoms with Crippen LogP contribution < -0.4 is 5.32 Å². The molecule has 2 aliphatic rings. The number of rotatable bonds is 7. The number of phenolic OH excluding ortho intramolecular Hbond substituents is 1. The van der Waals surface area contributed by atoms with E-state index in [1.54, 1.807) is 6.07 Å². The Balaban J connectivity index is 1.36. The van der Waals surface area contributed by atoms with Gasteiger partial charge in [-0.25, -0.2) is 4.39 Å². The molecule has 3 aromatic rings. The summed E-state index contributed by atoms with van der Waals surface area (Å²) < 4.78 is 14.2. The fraction of sp³-hybridized carbons (Fsp3) is 0.483. The highest BCUT2D eigenvalue weighted by Gasteiger charge is 2.29. The number of aromatic nitrogens is 1. The largest absolute Gasteiger partial charge is 0.504 e. The van der Waals surface area contributed by atoms with Gasteiger partial charge in [-0.05, 0) is 98.4 Å². The van der Waals surface area contributed by atoms with Crippen LogP contribution >= 0.6 is 11.6 Å². The third kappa shape index (κ3) is 5.17. The lowest BCUT2D eigenvalue weighted by Gasteiger charge is -2.34. The maximum absolute atomic E-state index is 14.2. The van der Waals surface area contributed by atoms with Crippen molar-refractivity contribution in [3.8, 4) is 16.9 Å². The first-order valence-electron chi connectivity index (χ1n) is 13.2. The number of phenols is 1. The van der Waals surface area contributed by atoms with Gasteiger partial charge in [0, 0.05) is 35.9 Å². The number of halogens is 2. The fourth-order valence-corrected chi connectivity index (χ4v) is 6.16. The number of hydrogen-bond donors (Lipinski definition) is 3. The molecule has 36 heavy (non-hydrogen) atoms. The number of pyridine rings is 1. The average Bonchev–Trinajstić information content (AvgIpc) is 3.35. The molecule has 0 spiro atoms. The van der Waals surface area contributed by atoms with Gasteiger partial charge in [0.05, 0.1) is 17.1 Å². The van der Waals surface area contributed by atoms with E-state index < -0.39 is 11.6 Å². The van der Waals surface area contributed by atoms with Crippen LogP contribution in [-0.4, -0.2) is 51.9 Å². The third-order valence-corrected chi connectivity index (χ3v) is 8.36. The second-order valence-electron chi connectivity index (χ2n) is 10.4. The maximum Gasteiger partial charge on any atom is 0.170 e. The number of aryl methyl sites for hydroxylation is 1. The summed E-state index contributed by atoms with van der Waals surface area (Å²) in [5, 5.41) is 24.2. The first-order chi connectivity index (χ1) is 17.5. The summed E-state index contributed by atoms with van der Waals surface area (Å²) in [5.74, 6) is -0.561. The second kappa shape index (κ2) is 10.9. The number of nitrogens with one attached hydrogen (secondary N) is 1. The van der Waals surface area contributed by atoms with E-state index in [-0.39, 0.29) is 11.6 Å². The minimum absolute atomic E-state index is 0.000112. The molecule has 3 N–H and O–H groups in total. The summed E-state index contributed by atoms with van der Waals surface area (Å²) in [6, 6.07) is 9.56. The zero-order valence-electron chi connectivity index (χ0n) is 20.8. The van der Waals surface area contributed by atoms with Gasteiger partial charge in [0.1, 0.15) is 0 Å². The number of benzene rings is 2. The van der Waals surface area contributed by atoms with Gasteiger partial charge in [-0.1, -0.05) is 24.6 Å². The fourth-order valence-electron chi connectivity index (χ4n) is 5.95. The molecule has 0 unspecified atom stereocenters. The molecule has 5 nitrogen and oxygen atoms in total. The van der Waals surface area contributed by atoms with Gasteiger partial charge in [-0.15, -0.1) is 0 Å². The molecule has 0 radical (unpaired) electrons. The summed E-state index contributed by atoms with van der Waals surface area (Å²) in [6.07, 6.45) is 9.74. The van der Waals surface area contributed by atoms with Crippen molar-refractivity contribution >= 4 is 28.2 Å². The van der Waals surface area contributed by atoms with Crippen LogP contribution in [-0.2, 0) is 6.42 Å². The minimum Gasteiger partial charge on any atom is -0.504 e. The highest BCUT2D eigenvalue weighted by Crippen LogP contribution is 2.37. The predicted octanol–water partition coefficient (Wildman–Crippen LogP) is 6.39. The van der Waals surface area contributed by atoms with E-state index in [0.717, 1.165) is 60.9 Å². The SMILES string of the molecule is CCc1cnc2ccc(-c3cc(F)c(O)c(Cl)c3)cc2c1NC1CCC(CN2CCC[C@H]2CO)CC1. The van der Waals surface area contributed by atoms with Gasteiger partial charge in [0.2, 0.25) is 0 Å². The zero-order chi connectivity index (χ0) is 25.2. The standard InChI is InChI=1S/C29H35ClFN3O2/c1-2-19-15-32-27-10-7-20(21-13-25(30)29(36)26(31)14-21)12-24(27)28(19)33-22-8-5-18(6-9-22)16-34-11-3-4-23(34)17-35/h7,10,12-15,18,22-23,35-36H,2-6,8-9,11,16-17H2,1H3,(H,32,33)/t18?,22?,23-/m0/s1. The van der Waals surface area contributed by atoms with Gasteiger partial charge in [0.15, 0.2) is 11.6 Å². The summed E-state index contributed by atoms with van der Waals surface area (Å²) >= 11 is 6.05. The van der Waals surface area contributed by atoms with Gasteiger partial charge in [-0.2, -0.15) is 0 Å². The van der Waals surface area contributed by atoms with Crippen molar-refractivity contribution in [2.24, 2.45) is 5.92 Å². The van der Waals surface area contributed by atoms with Crippen molar-refractivity contribution in [2.45, 2.75) is 64.0 Å². The number of hydrogen-bond acceptors (Lipinski definition) is 5. The number of aliphatic hydroxyl groups excluding tert-OH is 1. The van der Waals surface area contributed by atoms with Gasteiger partial charge in [-0.3, -0.25) is 9.88 Å². The number of fused-ring (bicyclic) bond motifs is 1. The molecule has 2 aromatic carbocycles. The summed E-state index contributed by atoms with van der Waals surface area (Å²) in [7, 11) is 0. The van der Waals surface area contributed by atoms with Crippen molar-refractivity contribution in [3.05, 3.63) is 52.9 Å². The van der Waals surface area contributed by atoms with Crippen molar-refractivity contribution < 1.29 is 14.6 Å². The predicted molar refractivity (Wildman–Crippen MR) is 144 cm³/mol. The second-order valence-corrected chi connectivity index (χ2v) is 10.8. The molecule has 7 heteroatoms. The lowest BCUT2D eigenvalue weighted by molar-refractivity contribution is 0.130. The molecule has 2 heterocycles. The molecule has 192 valence electrons. The van der Waals surface area contributed by atoms with Crippen LogP contribution in [0.25, 0.3) is 22.0 Å². The van der Waals surface area contributed by atoms with Crippen LogP contribution in [0.3, 0.4) is 0 Å². The molecule has 1 aromatic heterocycles. The molecule has 1 saturated heterocycles. The van der Waals surface area contributed by atoms with Crippen LogP contribution in [0.4, 0.5) is 10.1 Å². The molecule has 0 amide bonds. The van der Waals surface area contributed by atoms with Crippen LogP contribution in [0, 0.1) is 11.7 Å². The van der Waals surface area contributed by atoms with Crippen molar-refractivity contribution in [1.29, 1.82) is 0 Å². The lowest BCUT2D eigenvalue weighted by Crippen LogP contribution is -2.38. The average molecular weight is 512 g/mol. The smallest absolute Gasteiger partial charge is 0.170 e. The number of aliphatic hydroxyl groups is 1. The Labute approximate surface area is 217 Å². The summed E-state index contributed by atoms with van der Waals surface area (Å²) in [5.41, 5.74) is 4.61. The van der Waals surface area contributed by atoms with E-state index >= 15 is 0 Å². The number of likely N-dealkylation sites (tertiary alicyclic amines) is 1. The quantitative estimate of drug-likeness (QED) is 0.343. The van der Waals surface area contributed by atoms with E-state index in [2.05, 4.69) is 22.1 Å². The summed E-state index contributed by atoms with van der Waals surface area (Å²) in [4.78, 5) is 7.16. The van der Waals surface area contributed by atoms with Crippen molar-refractivity contribution in [3.63, 3.8) is 0 Å². The van der Waals surface area contributed by atoms with Crippen LogP contribution in [0.1, 0.15) is 51.0 Å². The lowest BCUT2D eigenvalue weighted by atomic mass is 9.85. The first-order valence-corrected chi connectivity index (χ1v) is 13.6. The van der Waals surface area contributed by atoms with Gasteiger partial charge in [0.25, 0.3) is 0 Å². The Kier molecular flexibility index (Phi) is 7.65. The number of anilines is 1. The Morgan fingerprint density at radius 2 is 1.92 bits per heavy atom. The minimum atomic E-state index is -0.729. The Morgan fingerprint density at radius 3 is 2.64 bits per heavy atom.